The zero-order valence-corrected chi connectivity index (χ0v) is 17.4. The van der Waals surface area contributed by atoms with Crippen LogP contribution in [0.25, 0.3) is 0 Å². The highest BCUT2D eigenvalue weighted by atomic mass is 32.2. The van der Waals surface area contributed by atoms with Crippen LogP contribution in [0.1, 0.15) is 18.2 Å². The summed E-state index contributed by atoms with van der Waals surface area (Å²) >= 11 is 1.30. The van der Waals surface area contributed by atoms with E-state index in [0.717, 1.165) is 11.3 Å². The van der Waals surface area contributed by atoms with Crippen LogP contribution in [0, 0.1) is 0 Å². The lowest BCUT2D eigenvalue weighted by atomic mass is 10.2. The Labute approximate surface area is 173 Å². The Kier molecular flexibility index (Phi) is 7.12. The van der Waals surface area contributed by atoms with Gasteiger partial charge in [-0.3, -0.25) is 4.79 Å². The second kappa shape index (κ2) is 9.97. The quantitative estimate of drug-likeness (QED) is 0.464. The minimum Gasteiger partial charge on any atom is -0.493 e. The molecule has 154 valence electrons. The number of aromatic nitrogens is 4. The molecular weight excluding hydrogens is 394 g/mol. The van der Waals surface area contributed by atoms with Gasteiger partial charge in [0.25, 0.3) is 0 Å². The number of hydrogen-bond acceptors (Lipinski definition) is 8. The molecule has 3 aromatic rings. The molecule has 2 aromatic heterocycles. The number of methoxy groups -OCH3 is 2. The van der Waals surface area contributed by atoms with Gasteiger partial charge in [0.1, 0.15) is 12.3 Å². The smallest absolute Gasteiger partial charge is 0.233 e. The maximum atomic E-state index is 12.7. The monoisotopic (exact) mass is 417 g/mol. The van der Waals surface area contributed by atoms with E-state index in [0.29, 0.717) is 36.3 Å². The lowest BCUT2D eigenvalue weighted by molar-refractivity contribution is -0.128. The fourth-order valence-corrected chi connectivity index (χ4v) is 3.52. The maximum absolute atomic E-state index is 12.7. The standard InChI is InChI=1S/C19H23N5O4S/c1-4-23(11-14-7-8-16(26-2)17(10-14)27-3)18(25)13-29-19-20-21-22-24(19)12-15-6-5-9-28-15/h5-10H,4,11-13H2,1-3H3. The Morgan fingerprint density at radius 3 is 2.76 bits per heavy atom. The SMILES string of the molecule is CCN(Cc1ccc(OC)c(OC)c1)C(=O)CSc1nnnn1Cc1ccco1. The number of benzene rings is 1. The summed E-state index contributed by atoms with van der Waals surface area (Å²) < 4.78 is 17.5. The van der Waals surface area contributed by atoms with Gasteiger partial charge < -0.3 is 18.8 Å². The zero-order chi connectivity index (χ0) is 20.6. The molecule has 0 bridgehead atoms. The fourth-order valence-electron chi connectivity index (χ4n) is 2.74. The number of carbonyl (C=O) groups excluding carboxylic acids is 1. The van der Waals surface area contributed by atoms with Crippen molar-refractivity contribution in [3.05, 3.63) is 47.9 Å². The number of tetrazole rings is 1. The lowest BCUT2D eigenvalue weighted by Gasteiger charge is -2.21. The Morgan fingerprint density at radius 1 is 1.24 bits per heavy atom. The van der Waals surface area contributed by atoms with Crippen molar-refractivity contribution in [1.29, 1.82) is 0 Å². The molecule has 0 spiro atoms. The van der Waals surface area contributed by atoms with Crippen LogP contribution in [0.2, 0.25) is 0 Å². The predicted molar refractivity (Wildman–Crippen MR) is 107 cm³/mol. The summed E-state index contributed by atoms with van der Waals surface area (Å²) in [5.74, 6) is 2.28. The minimum atomic E-state index is -0.000154. The molecule has 0 N–H and O–H groups in total. The van der Waals surface area contributed by atoms with Crippen molar-refractivity contribution >= 4 is 17.7 Å². The first kappa shape index (κ1) is 20.7. The summed E-state index contributed by atoms with van der Waals surface area (Å²) in [6.07, 6.45) is 1.60. The van der Waals surface area contributed by atoms with Crippen molar-refractivity contribution in [3.63, 3.8) is 0 Å². The van der Waals surface area contributed by atoms with Crippen molar-refractivity contribution in [2.45, 2.75) is 25.2 Å². The molecule has 0 saturated carbocycles. The number of ether oxygens (including phenoxy) is 2. The molecule has 0 atom stereocenters. The van der Waals surface area contributed by atoms with Crippen LogP contribution in [-0.4, -0.2) is 57.5 Å². The van der Waals surface area contributed by atoms with E-state index in [4.69, 9.17) is 13.9 Å². The van der Waals surface area contributed by atoms with Gasteiger partial charge in [-0.15, -0.1) is 5.10 Å². The molecule has 0 aliphatic rings. The van der Waals surface area contributed by atoms with Crippen molar-refractivity contribution in [2.75, 3.05) is 26.5 Å². The molecule has 0 unspecified atom stereocenters. The molecule has 0 saturated heterocycles. The molecule has 0 fully saturated rings. The van der Waals surface area contributed by atoms with Crippen LogP contribution >= 0.6 is 11.8 Å². The first-order chi connectivity index (χ1) is 14.1. The van der Waals surface area contributed by atoms with Crippen molar-refractivity contribution < 1.29 is 18.7 Å². The van der Waals surface area contributed by atoms with Gasteiger partial charge in [-0.25, -0.2) is 4.68 Å². The summed E-state index contributed by atoms with van der Waals surface area (Å²) in [7, 11) is 3.18. The third-order valence-corrected chi connectivity index (χ3v) is 5.21. The molecule has 1 aromatic carbocycles. The Bertz CT molecular complexity index is 929. The van der Waals surface area contributed by atoms with Gasteiger partial charge in [0, 0.05) is 13.1 Å². The van der Waals surface area contributed by atoms with Crippen LogP contribution in [0.4, 0.5) is 0 Å². The number of hydrogen-bond donors (Lipinski definition) is 0. The zero-order valence-electron chi connectivity index (χ0n) is 16.6. The largest absolute Gasteiger partial charge is 0.493 e. The summed E-state index contributed by atoms with van der Waals surface area (Å²) in [5, 5.41) is 12.2. The molecule has 9 nitrogen and oxygen atoms in total. The molecule has 3 rings (SSSR count). The highest BCUT2D eigenvalue weighted by Crippen LogP contribution is 2.28. The molecule has 2 heterocycles. The normalized spacial score (nSPS) is 10.7. The average molecular weight is 417 g/mol. The predicted octanol–water partition coefficient (Wildman–Crippen LogP) is 2.47. The summed E-state index contributed by atoms with van der Waals surface area (Å²) in [6.45, 7) is 3.43. The fraction of sp³-hybridized carbons (Fsp3) is 0.368. The topological polar surface area (TPSA) is 95.5 Å². The van der Waals surface area contributed by atoms with Gasteiger partial charge in [0.2, 0.25) is 11.1 Å². The first-order valence-electron chi connectivity index (χ1n) is 9.04. The molecule has 10 heteroatoms. The van der Waals surface area contributed by atoms with Gasteiger partial charge in [-0.1, -0.05) is 17.8 Å². The van der Waals surface area contributed by atoms with Gasteiger partial charge in [0.05, 0.1) is 26.2 Å². The van der Waals surface area contributed by atoms with Crippen LogP contribution < -0.4 is 9.47 Å². The number of nitrogens with zero attached hydrogens (tertiary/aromatic N) is 5. The van der Waals surface area contributed by atoms with Gasteiger partial charge in [0.15, 0.2) is 11.5 Å². The molecular formula is C19H23N5O4S. The van der Waals surface area contributed by atoms with E-state index >= 15 is 0 Å². The molecule has 29 heavy (non-hydrogen) atoms. The number of rotatable bonds is 10. The highest BCUT2D eigenvalue weighted by molar-refractivity contribution is 7.99. The van der Waals surface area contributed by atoms with Gasteiger partial charge in [-0.05, 0) is 47.2 Å². The maximum Gasteiger partial charge on any atom is 0.233 e. The number of amides is 1. The number of furan rings is 1. The van der Waals surface area contributed by atoms with Gasteiger partial charge in [-0.2, -0.15) is 0 Å². The van der Waals surface area contributed by atoms with E-state index in [-0.39, 0.29) is 11.7 Å². The third-order valence-electron chi connectivity index (χ3n) is 4.27. The van der Waals surface area contributed by atoms with Crippen LogP contribution in [0.5, 0.6) is 11.5 Å². The van der Waals surface area contributed by atoms with E-state index in [2.05, 4.69) is 15.5 Å². The second-order valence-corrected chi connectivity index (χ2v) is 7.03. The van der Waals surface area contributed by atoms with Crippen molar-refractivity contribution in [1.82, 2.24) is 25.1 Å². The van der Waals surface area contributed by atoms with Crippen molar-refractivity contribution in [3.8, 4) is 11.5 Å². The van der Waals surface area contributed by atoms with E-state index in [1.807, 2.05) is 37.3 Å². The lowest BCUT2D eigenvalue weighted by Crippen LogP contribution is -2.31. The summed E-state index contributed by atoms with van der Waals surface area (Å²) in [5.41, 5.74) is 0.963. The average Bonchev–Trinajstić information content (AvgIpc) is 3.42. The third kappa shape index (κ3) is 5.29. The molecule has 0 aliphatic heterocycles. The number of carbonyl (C=O) groups is 1. The van der Waals surface area contributed by atoms with E-state index in [1.165, 1.54) is 11.8 Å². The van der Waals surface area contributed by atoms with E-state index in [9.17, 15) is 4.79 Å². The Morgan fingerprint density at radius 2 is 2.07 bits per heavy atom. The summed E-state index contributed by atoms with van der Waals surface area (Å²) in [4.78, 5) is 14.5. The first-order valence-corrected chi connectivity index (χ1v) is 10.0. The Hall–Kier alpha value is -3.01. The van der Waals surface area contributed by atoms with Crippen LogP contribution in [-0.2, 0) is 17.9 Å². The van der Waals surface area contributed by atoms with Crippen molar-refractivity contribution in [2.24, 2.45) is 0 Å². The Balaban J connectivity index is 1.60. The van der Waals surface area contributed by atoms with Gasteiger partial charge >= 0.3 is 0 Å². The van der Waals surface area contributed by atoms with E-state index < -0.39 is 0 Å². The molecule has 1 amide bonds. The van der Waals surface area contributed by atoms with Crippen LogP contribution in [0.3, 0.4) is 0 Å². The highest BCUT2D eigenvalue weighted by Gasteiger charge is 2.17. The molecule has 0 radical (unpaired) electrons. The van der Waals surface area contributed by atoms with E-state index in [1.54, 1.807) is 30.1 Å². The molecule has 0 aliphatic carbocycles. The van der Waals surface area contributed by atoms with Crippen LogP contribution in [0.15, 0.2) is 46.2 Å². The summed E-state index contributed by atoms with van der Waals surface area (Å²) in [6, 6.07) is 9.30. The minimum absolute atomic E-state index is 0.000154. The second-order valence-electron chi connectivity index (χ2n) is 6.08. The number of thioether (sulfide) groups is 1.